The predicted octanol–water partition coefficient (Wildman–Crippen LogP) is 0.142. The average Bonchev–Trinajstić information content (AvgIpc) is 2.34. The molecule has 1 aliphatic rings. The monoisotopic (exact) mass is 279 g/mol. The summed E-state index contributed by atoms with van der Waals surface area (Å²) in [5.74, 6) is 0.193. The molecule has 1 rings (SSSR count). The highest BCUT2D eigenvalue weighted by atomic mass is 32.2. The first-order valence-electron chi connectivity index (χ1n) is 6.41. The molecule has 1 aliphatic heterocycles. The summed E-state index contributed by atoms with van der Waals surface area (Å²) >= 11 is 0. The third kappa shape index (κ3) is 5.22. The van der Waals surface area contributed by atoms with Gasteiger partial charge < -0.3 is 14.7 Å². The van der Waals surface area contributed by atoms with Gasteiger partial charge in [0, 0.05) is 38.5 Å². The maximum Gasteiger partial charge on any atom is 0.148 e. The summed E-state index contributed by atoms with van der Waals surface area (Å²) in [5, 5.41) is 9.61. The van der Waals surface area contributed by atoms with E-state index in [1.54, 1.807) is 7.11 Å². The highest BCUT2D eigenvalue weighted by molar-refractivity contribution is 7.90. The normalized spacial score (nSPS) is 26.4. The first-order chi connectivity index (χ1) is 8.41. The molecule has 0 aromatic rings. The quantitative estimate of drug-likeness (QED) is 0.718. The number of nitrogens with zero attached hydrogens (tertiary/aromatic N) is 1. The summed E-state index contributed by atoms with van der Waals surface area (Å²) in [6.45, 7) is 3.03. The molecular weight excluding hydrogens is 254 g/mol. The minimum absolute atomic E-state index is 0.119. The molecule has 0 radical (unpaired) electrons. The van der Waals surface area contributed by atoms with Crippen LogP contribution in [-0.4, -0.2) is 70.4 Å². The van der Waals surface area contributed by atoms with Crippen molar-refractivity contribution < 1.29 is 18.3 Å². The summed E-state index contributed by atoms with van der Waals surface area (Å²) in [6.07, 6.45) is 4.09. The number of aliphatic hydroxyl groups excluding tert-OH is 1. The molecule has 0 amide bonds. The predicted molar refractivity (Wildman–Crippen MR) is 71.4 cm³/mol. The molecule has 1 saturated heterocycles. The van der Waals surface area contributed by atoms with Crippen LogP contribution in [0.25, 0.3) is 0 Å². The van der Waals surface area contributed by atoms with Crippen molar-refractivity contribution in [2.24, 2.45) is 5.41 Å². The van der Waals surface area contributed by atoms with Crippen LogP contribution in [0.1, 0.15) is 19.3 Å². The van der Waals surface area contributed by atoms with E-state index >= 15 is 0 Å². The summed E-state index contributed by atoms with van der Waals surface area (Å²) in [6, 6.07) is 0. The molecule has 1 atom stereocenters. The Morgan fingerprint density at radius 1 is 1.44 bits per heavy atom. The molecule has 108 valence electrons. The first-order valence-corrected chi connectivity index (χ1v) is 8.47. The van der Waals surface area contributed by atoms with E-state index in [2.05, 4.69) is 4.90 Å². The lowest BCUT2D eigenvalue weighted by Crippen LogP contribution is -2.47. The molecule has 6 heteroatoms. The fourth-order valence-electron chi connectivity index (χ4n) is 2.53. The van der Waals surface area contributed by atoms with Gasteiger partial charge in [-0.3, -0.25) is 0 Å². The minimum atomic E-state index is -2.91. The van der Waals surface area contributed by atoms with Gasteiger partial charge in [0.1, 0.15) is 9.84 Å². The van der Waals surface area contributed by atoms with E-state index in [0.717, 1.165) is 32.4 Å². The lowest BCUT2D eigenvalue weighted by molar-refractivity contribution is 0.00964. The summed E-state index contributed by atoms with van der Waals surface area (Å²) in [4.78, 5) is 2.15. The molecule has 18 heavy (non-hydrogen) atoms. The van der Waals surface area contributed by atoms with E-state index in [1.165, 1.54) is 6.26 Å². The van der Waals surface area contributed by atoms with E-state index in [4.69, 9.17) is 4.74 Å². The number of hydrogen-bond donors (Lipinski definition) is 1. The van der Waals surface area contributed by atoms with Gasteiger partial charge in [-0.25, -0.2) is 8.42 Å². The van der Waals surface area contributed by atoms with Crippen LogP contribution in [0.2, 0.25) is 0 Å². The fraction of sp³-hybridized carbons (Fsp3) is 1.00. The molecule has 1 N–H and O–H groups in total. The third-order valence-corrected chi connectivity index (χ3v) is 4.61. The maximum absolute atomic E-state index is 11.2. The summed E-state index contributed by atoms with van der Waals surface area (Å²) < 4.78 is 27.5. The highest BCUT2D eigenvalue weighted by Gasteiger charge is 2.34. The van der Waals surface area contributed by atoms with Gasteiger partial charge in [0.2, 0.25) is 0 Å². The van der Waals surface area contributed by atoms with Crippen LogP contribution >= 0.6 is 0 Å². The SMILES string of the molecule is COCC[C@@]1(CO)CCCN(CCS(C)(=O)=O)C1. The number of hydrogen-bond acceptors (Lipinski definition) is 5. The Morgan fingerprint density at radius 2 is 2.17 bits per heavy atom. The van der Waals surface area contributed by atoms with E-state index in [-0.39, 0.29) is 17.8 Å². The van der Waals surface area contributed by atoms with Gasteiger partial charge in [-0.15, -0.1) is 0 Å². The number of likely N-dealkylation sites (tertiary alicyclic amines) is 1. The van der Waals surface area contributed by atoms with Gasteiger partial charge in [0.05, 0.1) is 12.4 Å². The maximum atomic E-state index is 11.2. The second-order valence-electron chi connectivity index (χ2n) is 5.41. The van der Waals surface area contributed by atoms with Crippen molar-refractivity contribution in [2.45, 2.75) is 19.3 Å². The molecule has 5 nitrogen and oxygen atoms in total. The molecule has 0 bridgehead atoms. The number of aliphatic hydroxyl groups is 1. The highest BCUT2D eigenvalue weighted by Crippen LogP contribution is 2.32. The topological polar surface area (TPSA) is 66.8 Å². The zero-order valence-corrected chi connectivity index (χ0v) is 12.2. The lowest BCUT2D eigenvalue weighted by atomic mass is 9.78. The van der Waals surface area contributed by atoms with Crippen LogP contribution in [0.3, 0.4) is 0 Å². The minimum Gasteiger partial charge on any atom is -0.396 e. The molecule has 0 aromatic heterocycles. The van der Waals surface area contributed by atoms with E-state index in [0.29, 0.717) is 13.2 Å². The standard InChI is InChI=1S/C12H25NO4S/c1-17-8-5-12(11-14)4-3-6-13(10-12)7-9-18(2,15)16/h14H,3-11H2,1-2H3/t12-/m0/s1. The van der Waals surface area contributed by atoms with E-state index in [1.807, 2.05) is 0 Å². The molecular formula is C12H25NO4S. The molecule has 0 aliphatic carbocycles. The average molecular weight is 279 g/mol. The fourth-order valence-corrected chi connectivity index (χ4v) is 3.12. The van der Waals surface area contributed by atoms with E-state index in [9.17, 15) is 13.5 Å². The van der Waals surface area contributed by atoms with Crippen molar-refractivity contribution in [3.05, 3.63) is 0 Å². The Balaban J connectivity index is 2.52. The van der Waals surface area contributed by atoms with Crippen molar-refractivity contribution in [1.82, 2.24) is 4.90 Å². The van der Waals surface area contributed by atoms with Crippen molar-refractivity contribution in [3.63, 3.8) is 0 Å². The molecule has 0 aromatic carbocycles. The number of piperidine rings is 1. The second-order valence-corrected chi connectivity index (χ2v) is 7.67. The number of sulfone groups is 1. The Labute approximate surface area is 110 Å². The Morgan fingerprint density at radius 3 is 2.72 bits per heavy atom. The smallest absolute Gasteiger partial charge is 0.148 e. The third-order valence-electron chi connectivity index (χ3n) is 3.69. The number of ether oxygens (including phenoxy) is 1. The van der Waals surface area contributed by atoms with Crippen molar-refractivity contribution >= 4 is 9.84 Å². The number of rotatable bonds is 7. The van der Waals surface area contributed by atoms with Gasteiger partial charge in [-0.05, 0) is 25.8 Å². The molecule has 1 heterocycles. The Bertz CT molecular complexity index is 344. The Hall–Kier alpha value is -0.170. The van der Waals surface area contributed by atoms with Crippen molar-refractivity contribution in [2.75, 3.05) is 52.0 Å². The first kappa shape index (κ1) is 15.9. The van der Waals surface area contributed by atoms with Gasteiger partial charge in [-0.1, -0.05) is 0 Å². The zero-order chi connectivity index (χ0) is 13.6. The van der Waals surface area contributed by atoms with Crippen LogP contribution in [0, 0.1) is 5.41 Å². The van der Waals surface area contributed by atoms with E-state index < -0.39 is 9.84 Å². The molecule has 1 fully saturated rings. The summed E-state index contributed by atoms with van der Waals surface area (Å²) in [7, 11) is -1.25. The molecule has 0 saturated carbocycles. The van der Waals surface area contributed by atoms with Crippen LogP contribution in [0.4, 0.5) is 0 Å². The van der Waals surface area contributed by atoms with Crippen LogP contribution in [-0.2, 0) is 14.6 Å². The van der Waals surface area contributed by atoms with Crippen molar-refractivity contribution in [3.8, 4) is 0 Å². The van der Waals surface area contributed by atoms with Gasteiger partial charge >= 0.3 is 0 Å². The zero-order valence-electron chi connectivity index (χ0n) is 11.4. The van der Waals surface area contributed by atoms with Crippen molar-refractivity contribution in [1.29, 1.82) is 0 Å². The van der Waals surface area contributed by atoms with Crippen LogP contribution < -0.4 is 0 Å². The molecule has 0 spiro atoms. The van der Waals surface area contributed by atoms with Gasteiger partial charge in [0.25, 0.3) is 0 Å². The number of methoxy groups -OCH3 is 1. The lowest BCUT2D eigenvalue weighted by Gasteiger charge is -2.41. The van der Waals surface area contributed by atoms with Gasteiger partial charge in [-0.2, -0.15) is 0 Å². The largest absolute Gasteiger partial charge is 0.396 e. The summed E-state index contributed by atoms with van der Waals surface area (Å²) in [5.41, 5.74) is -0.119. The van der Waals surface area contributed by atoms with Gasteiger partial charge in [0.15, 0.2) is 0 Å². The van der Waals surface area contributed by atoms with Crippen LogP contribution in [0.5, 0.6) is 0 Å². The molecule has 0 unspecified atom stereocenters. The Kier molecular flexibility index (Phi) is 6.04. The van der Waals surface area contributed by atoms with Crippen LogP contribution in [0.15, 0.2) is 0 Å². The second kappa shape index (κ2) is 6.84.